The van der Waals surface area contributed by atoms with Crippen LogP contribution in [0.25, 0.3) is 33.5 Å². The topological polar surface area (TPSA) is 80.5 Å². The number of benzene rings is 4. The van der Waals surface area contributed by atoms with Gasteiger partial charge >= 0.3 is 11.3 Å². The highest BCUT2D eigenvalue weighted by molar-refractivity contribution is 5.82. The monoisotopic (exact) mass is 476 g/mol. The lowest BCUT2D eigenvalue weighted by molar-refractivity contribution is -0.567. The molecule has 36 heavy (non-hydrogen) atoms. The van der Waals surface area contributed by atoms with Crippen molar-refractivity contribution in [1.82, 2.24) is 4.73 Å². The molecule has 6 rings (SSSR count). The van der Waals surface area contributed by atoms with Crippen molar-refractivity contribution < 1.29 is 18.7 Å². The van der Waals surface area contributed by atoms with Gasteiger partial charge in [0.05, 0.1) is 0 Å². The summed E-state index contributed by atoms with van der Waals surface area (Å²) in [5, 5.41) is 14.0. The Morgan fingerprint density at radius 1 is 0.806 bits per heavy atom. The predicted octanol–water partition coefficient (Wildman–Crippen LogP) is 5.47. The fourth-order valence-corrected chi connectivity index (χ4v) is 4.07. The standard InChI is InChI=1S/C29H20N2O5/c32-29-28(27-18-21-8-4-7-13-26(21)36-27)30(33)24-11-5-6-12-25(24)31(29)34-19-20-14-16-23(17-15-20)35-22-9-2-1-3-10-22/h1-18H,19H2. The molecule has 0 spiro atoms. The Hall–Kier alpha value is -5.04. The van der Waals surface area contributed by atoms with E-state index in [0.717, 1.165) is 21.4 Å². The molecule has 7 nitrogen and oxygen atoms in total. The van der Waals surface area contributed by atoms with Gasteiger partial charge in [0.2, 0.25) is 11.3 Å². The van der Waals surface area contributed by atoms with E-state index in [1.54, 1.807) is 36.4 Å². The van der Waals surface area contributed by atoms with E-state index in [-0.39, 0.29) is 18.1 Å². The molecule has 0 radical (unpaired) electrons. The summed E-state index contributed by atoms with van der Waals surface area (Å²) in [5.41, 5.74) is 1.32. The number of rotatable bonds is 6. The van der Waals surface area contributed by atoms with Crippen LogP contribution in [0.3, 0.4) is 0 Å². The molecule has 6 aromatic rings. The molecule has 0 atom stereocenters. The largest absolute Gasteiger partial charge is 0.618 e. The van der Waals surface area contributed by atoms with Crippen molar-refractivity contribution in [2.75, 3.05) is 0 Å². The fourth-order valence-electron chi connectivity index (χ4n) is 4.07. The van der Waals surface area contributed by atoms with Gasteiger partial charge in [-0.25, -0.2) is 0 Å². The van der Waals surface area contributed by atoms with Crippen LogP contribution in [0, 0.1) is 5.21 Å². The van der Waals surface area contributed by atoms with Crippen molar-refractivity contribution in [2.45, 2.75) is 6.61 Å². The second-order valence-electron chi connectivity index (χ2n) is 8.21. The lowest BCUT2D eigenvalue weighted by atomic mass is 10.2. The van der Waals surface area contributed by atoms with Crippen LogP contribution < -0.4 is 19.9 Å². The third-order valence-electron chi connectivity index (χ3n) is 5.83. The van der Waals surface area contributed by atoms with Gasteiger partial charge in [0, 0.05) is 11.5 Å². The van der Waals surface area contributed by atoms with E-state index >= 15 is 0 Å². The van der Waals surface area contributed by atoms with Gasteiger partial charge in [0.1, 0.15) is 23.7 Å². The summed E-state index contributed by atoms with van der Waals surface area (Å²) in [7, 11) is 0. The van der Waals surface area contributed by atoms with Gasteiger partial charge in [-0.05, 0) is 48.0 Å². The fraction of sp³-hybridized carbons (Fsp3) is 0.0345. The minimum atomic E-state index is -0.605. The summed E-state index contributed by atoms with van der Waals surface area (Å²) in [6.07, 6.45) is 0. The second kappa shape index (κ2) is 8.96. The third-order valence-corrected chi connectivity index (χ3v) is 5.83. The molecule has 2 aromatic heterocycles. The Bertz CT molecular complexity index is 1710. The first-order valence-electron chi connectivity index (χ1n) is 11.4. The molecule has 0 aliphatic rings. The van der Waals surface area contributed by atoms with E-state index in [1.165, 1.54) is 0 Å². The average Bonchev–Trinajstić information content (AvgIpc) is 3.34. The van der Waals surface area contributed by atoms with Crippen molar-refractivity contribution in [3.8, 4) is 23.0 Å². The van der Waals surface area contributed by atoms with E-state index < -0.39 is 5.56 Å². The van der Waals surface area contributed by atoms with Crippen molar-refractivity contribution >= 4 is 22.0 Å². The minimum Gasteiger partial charge on any atom is -0.618 e. The number of para-hydroxylation sites is 4. The van der Waals surface area contributed by atoms with Crippen LogP contribution in [0.2, 0.25) is 0 Å². The smallest absolute Gasteiger partial charge is 0.361 e. The van der Waals surface area contributed by atoms with Crippen molar-refractivity contribution in [2.24, 2.45) is 0 Å². The zero-order valence-electron chi connectivity index (χ0n) is 19.0. The molecule has 0 saturated carbocycles. The third kappa shape index (κ3) is 3.92. The summed E-state index contributed by atoms with van der Waals surface area (Å²) in [6, 6.07) is 32.7. The quantitative estimate of drug-likeness (QED) is 0.235. The zero-order valence-corrected chi connectivity index (χ0v) is 19.0. The van der Waals surface area contributed by atoms with Crippen LogP contribution in [0.1, 0.15) is 5.56 Å². The highest BCUT2D eigenvalue weighted by Gasteiger charge is 2.26. The lowest BCUT2D eigenvalue weighted by Crippen LogP contribution is -2.42. The van der Waals surface area contributed by atoms with Crippen LogP contribution in [0.4, 0.5) is 0 Å². The van der Waals surface area contributed by atoms with E-state index in [2.05, 4.69) is 0 Å². The highest BCUT2D eigenvalue weighted by atomic mass is 16.7. The number of aromatic nitrogens is 2. The van der Waals surface area contributed by atoms with Crippen LogP contribution >= 0.6 is 0 Å². The second-order valence-corrected chi connectivity index (χ2v) is 8.21. The van der Waals surface area contributed by atoms with Gasteiger partial charge in [0.15, 0.2) is 5.52 Å². The van der Waals surface area contributed by atoms with Crippen LogP contribution in [0.5, 0.6) is 11.5 Å². The van der Waals surface area contributed by atoms with Gasteiger partial charge in [-0.3, -0.25) is 4.79 Å². The SMILES string of the molecule is O=c1c(-c2cc3ccccc3o2)[n+]([O-])c2ccccc2n1OCc1ccc(Oc2ccccc2)cc1. The summed E-state index contributed by atoms with van der Waals surface area (Å²) in [6.45, 7) is 0.109. The maximum Gasteiger partial charge on any atom is 0.361 e. The summed E-state index contributed by atoms with van der Waals surface area (Å²) < 4.78 is 13.4. The molecule has 4 aromatic carbocycles. The van der Waals surface area contributed by atoms with E-state index in [1.807, 2.05) is 72.8 Å². The number of nitrogens with zero attached hydrogens (tertiary/aromatic N) is 2. The molecule has 176 valence electrons. The Morgan fingerprint density at radius 2 is 1.50 bits per heavy atom. The minimum absolute atomic E-state index is 0.109. The molecular weight excluding hydrogens is 456 g/mol. The molecule has 0 bridgehead atoms. The van der Waals surface area contributed by atoms with E-state index in [4.69, 9.17) is 14.0 Å². The van der Waals surface area contributed by atoms with Gasteiger partial charge in [-0.1, -0.05) is 60.7 Å². The molecule has 0 saturated heterocycles. The molecule has 0 fully saturated rings. The van der Waals surface area contributed by atoms with Crippen molar-refractivity contribution in [3.63, 3.8) is 0 Å². The summed E-state index contributed by atoms with van der Waals surface area (Å²) >= 11 is 0. The molecule has 0 unspecified atom stereocenters. The van der Waals surface area contributed by atoms with Gasteiger partial charge in [-0.2, -0.15) is 4.73 Å². The maximum absolute atomic E-state index is 13.5. The van der Waals surface area contributed by atoms with Gasteiger partial charge < -0.3 is 19.2 Å². The summed E-state index contributed by atoms with van der Waals surface area (Å²) in [4.78, 5) is 19.5. The van der Waals surface area contributed by atoms with Gasteiger partial charge in [0.25, 0.3) is 0 Å². The number of fused-ring (bicyclic) bond motifs is 2. The first kappa shape index (κ1) is 21.5. The Kier molecular flexibility index (Phi) is 5.35. The normalized spacial score (nSPS) is 11.1. The van der Waals surface area contributed by atoms with Gasteiger partial charge in [-0.15, -0.1) is 4.73 Å². The number of furan rings is 1. The Labute approximate surface area is 205 Å². The molecule has 7 heteroatoms. The molecular formula is C29H20N2O5. The van der Waals surface area contributed by atoms with E-state index in [9.17, 15) is 10.0 Å². The van der Waals surface area contributed by atoms with Crippen LogP contribution in [-0.2, 0) is 6.61 Å². The first-order chi connectivity index (χ1) is 17.7. The highest BCUT2D eigenvalue weighted by Crippen LogP contribution is 2.25. The van der Waals surface area contributed by atoms with E-state index in [0.29, 0.717) is 27.1 Å². The van der Waals surface area contributed by atoms with Crippen molar-refractivity contribution in [1.29, 1.82) is 0 Å². The number of ether oxygens (including phenoxy) is 1. The number of hydrogen-bond donors (Lipinski definition) is 0. The zero-order chi connectivity index (χ0) is 24.5. The lowest BCUT2D eigenvalue weighted by Gasteiger charge is -2.13. The molecule has 2 heterocycles. The first-order valence-corrected chi connectivity index (χ1v) is 11.4. The van der Waals surface area contributed by atoms with Crippen LogP contribution in [0.15, 0.2) is 118 Å². The molecule has 0 aliphatic heterocycles. The maximum atomic E-state index is 13.5. The molecule has 0 N–H and O–H groups in total. The Morgan fingerprint density at radius 3 is 2.31 bits per heavy atom. The Balaban J connectivity index is 1.34. The van der Waals surface area contributed by atoms with Crippen molar-refractivity contribution in [3.05, 3.63) is 130 Å². The molecule has 0 aliphatic carbocycles. The molecule has 0 amide bonds. The van der Waals surface area contributed by atoms with Crippen LogP contribution in [-0.4, -0.2) is 4.73 Å². The average molecular weight is 476 g/mol. The summed E-state index contributed by atoms with van der Waals surface area (Å²) in [5.74, 6) is 1.61. The predicted molar refractivity (Wildman–Crippen MR) is 136 cm³/mol. The number of hydrogen-bond acceptors (Lipinski definition) is 5.